The maximum atomic E-state index is 5.48. The second-order valence-electron chi connectivity index (χ2n) is 3.89. The second kappa shape index (κ2) is 4.71. The first-order valence-electron chi connectivity index (χ1n) is 5.19. The summed E-state index contributed by atoms with van der Waals surface area (Å²) in [5, 5.41) is 10.9. The van der Waals surface area contributed by atoms with Gasteiger partial charge < -0.3 is 11.1 Å². The van der Waals surface area contributed by atoms with Crippen LogP contribution < -0.4 is 11.1 Å². The molecule has 0 saturated heterocycles. The van der Waals surface area contributed by atoms with Gasteiger partial charge in [-0.3, -0.25) is 0 Å². The van der Waals surface area contributed by atoms with Gasteiger partial charge in [0.1, 0.15) is 5.82 Å². The Morgan fingerprint density at radius 2 is 1.76 bits per heavy atom. The molecule has 0 aliphatic rings. The first-order chi connectivity index (χ1) is 8.06. The Labute approximate surface area is 108 Å². The largest absolute Gasteiger partial charge is 0.382 e. The molecule has 0 fully saturated rings. The number of aryl methyl sites for hydroxylation is 2. The van der Waals surface area contributed by atoms with E-state index in [4.69, 9.17) is 5.73 Å². The molecule has 0 spiro atoms. The zero-order valence-corrected chi connectivity index (χ0v) is 11.2. The number of rotatable bonds is 2. The van der Waals surface area contributed by atoms with E-state index in [0.717, 1.165) is 10.2 Å². The number of nitrogens with one attached hydrogen (secondary N) is 1. The molecule has 1 aromatic heterocycles. The van der Waals surface area contributed by atoms with E-state index in [2.05, 4.69) is 57.4 Å². The fourth-order valence-corrected chi connectivity index (χ4v) is 1.80. The Morgan fingerprint density at radius 1 is 1.12 bits per heavy atom. The Hall–Kier alpha value is -1.62. The van der Waals surface area contributed by atoms with E-state index in [1.807, 2.05) is 0 Å². The highest BCUT2D eigenvalue weighted by molar-refractivity contribution is 9.10. The van der Waals surface area contributed by atoms with Gasteiger partial charge in [-0.2, -0.15) is 0 Å². The molecule has 2 rings (SSSR count). The first-order valence-corrected chi connectivity index (χ1v) is 5.98. The summed E-state index contributed by atoms with van der Waals surface area (Å²) in [7, 11) is 0. The van der Waals surface area contributed by atoms with Crippen LogP contribution in [0.2, 0.25) is 0 Å². The molecule has 1 aromatic carbocycles. The highest BCUT2D eigenvalue weighted by atomic mass is 79.9. The summed E-state index contributed by atoms with van der Waals surface area (Å²) < 4.78 is 1.13. The van der Waals surface area contributed by atoms with Gasteiger partial charge in [-0.25, -0.2) is 0 Å². The number of halogens is 1. The molecule has 17 heavy (non-hydrogen) atoms. The van der Waals surface area contributed by atoms with Crippen molar-refractivity contribution in [2.75, 3.05) is 11.1 Å². The fourth-order valence-electron chi connectivity index (χ4n) is 1.58. The van der Waals surface area contributed by atoms with Crippen molar-refractivity contribution in [2.24, 2.45) is 0 Å². The van der Waals surface area contributed by atoms with E-state index in [1.54, 1.807) is 12.1 Å². The summed E-state index contributed by atoms with van der Waals surface area (Å²) in [4.78, 5) is 0. The molecule has 0 radical (unpaired) electrons. The lowest BCUT2D eigenvalue weighted by molar-refractivity contribution is 1.05. The Balaban J connectivity index is 2.27. The SMILES string of the molecule is Cc1cc(Nc2ccc(N)nn2)cc(C)c1Br. The molecule has 0 aliphatic heterocycles. The van der Waals surface area contributed by atoms with E-state index in [9.17, 15) is 0 Å². The number of hydrogen-bond acceptors (Lipinski definition) is 4. The zero-order valence-electron chi connectivity index (χ0n) is 9.66. The van der Waals surface area contributed by atoms with E-state index < -0.39 is 0 Å². The van der Waals surface area contributed by atoms with Crippen LogP contribution in [0.1, 0.15) is 11.1 Å². The molecule has 0 bridgehead atoms. The molecule has 0 aliphatic carbocycles. The van der Waals surface area contributed by atoms with E-state index >= 15 is 0 Å². The highest BCUT2D eigenvalue weighted by Gasteiger charge is 2.03. The molecule has 1 heterocycles. The van der Waals surface area contributed by atoms with Crippen LogP contribution in [0.25, 0.3) is 0 Å². The van der Waals surface area contributed by atoms with Crippen LogP contribution in [0.4, 0.5) is 17.3 Å². The zero-order chi connectivity index (χ0) is 12.4. The summed E-state index contributed by atoms with van der Waals surface area (Å²) in [5.74, 6) is 1.10. The predicted octanol–water partition coefficient (Wildman–Crippen LogP) is 3.18. The van der Waals surface area contributed by atoms with E-state index in [-0.39, 0.29) is 0 Å². The van der Waals surface area contributed by atoms with Crippen molar-refractivity contribution < 1.29 is 0 Å². The monoisotopic (exact) mass is 292 g/mol. The molecule has 0 unspecified atom stereocenters. The van der Waals surface area contributed by atoms with Crippen LogP contribution in [-0.4, -0.2) is 10.2 Å². The number of nitrogens with zero attached hydrogens (tertiary/aromatic N) is 2. The number of anilines is 3. The molecule has 88 valence electrons. The Morgan fingerprint density at radius 3 is 2.29 bits per heavy atom. The van der Waals surface area contributed by atoms with Gasteiger partial charge in [0.25, 0.3) is 0 Å². The summed E-state index contributed by atoms with van der Waals surface area (Å²) in [6.07, 6.45) is 0. The maximum Gasteiger partial charge on any atom is 0.153 e. The molecule has 0 amide bonds. The van der Waals surface area contributed by atoms with Crippen LogP contribution in [0.15, 0.2) is 28.7 Å². The quantitative estimate of drug-likeness (QED) is 0.892. The molecule has 2 aromatic rings. The van der Waals surface area contributed by atoms with Gasteiger partial charge in [0.05, 0.1) is 0 Å². The molecule has 3 N–H and O–H groups in total. The first kappa shape index (κ1) is 11.9. The number of aromatic nitrogens is 2. The lowest BCUT2D eigenvalue weighted by Gasteiger charge is -2.09. The van der Waals surface area contributed by atoms with Crippen LogP contribution in [0.5, 0.6) is 0 Å². The van der Waals surface area contributed by atoms with Crippen LogP contribution in [-0.2, 0) is 0 Å². The summed E-state index contributed by atoms with van der Waals surface area (Å²) >= 11 is 3.54. The van der Waals surface area contributed by atoms with Crippen molar-refractivity contribution in [3.8, 4) is 0 Å². The van der Waals surface area contributed by atoms with Crippen molar-refractivity contribution >= 4 is 33.3 Å². The lowest BCUT2D eigenvalue weighted by Crippen LogP contribution is -1.98. The minimum absolute atomic E-state index is 0.415. The molecular formula is C12H13BrN4. The lowest BCUT2D eigenvalue weighted by atomic mass is 10.1. The topological polar surface area (TPSA) is 63.8 Å². The Bertz CT molecular complexity index is 514. The average Bonchev–Trinajstić information content (AvgIpc) is 2.29. The van der Waals surface area contributed by atoms with Crippen molar-refractivity contribution in [2.45, 2.75) is 13.8 Å². The summed E-state index contributed by atoms with van der Waals surface area (Å²) in [6, 6.07) is 7.62. The van der Waals surface area contributed by atoms with Gasteiger partial charge in [-0.05, 0) is 49.2 Å². The summed E-state index contributed by atoms with van der Waals surface area (Å²) in [6.45, 7) is 4.11. The molecule has 4 nitrogen and oxygen atoms in total. The van der Waals surface area contributed by atoms with Crippen LogP contribution >= 0.6 is 15.9 Å². The van der Waals surface area contributed by atoms with Crippen molar-refractivity contribution in [3.63, 3.8) is 0 Å². The third kappa shape index (κ3) is 2.74. The smallest absolute Gasteiger partial charge is 0.153 e. The van der Waals surface area contributed by atoms with Gasteiger partial charge in [0.2, 0.25) is 0 Å². The maximum absolute atomic E-state index is 5.48. The van der Waals surface area contributed by atoms with E-state index in [1.165, 1.54) is 11.1 Å². The van der Waals surface area contributed by atoms with Crippen LogP contribution in [0.3, 0.4) is 0 Å². The van der Waals surface area contributed by atoms with E-state index in [0.29, 0.717) is 11.6 Å². The molecular weight excluding hydrogens is 280 g/mol. The fraction of sp³-hybridized carbons (Fsp3) is 0.167. The third-order valence-corrected chi connectivity index (χ3v) is 3.64. The van der Waals surface area contributed by atoms with Gasteiger partial charge in [0.15, 0.2) is 5.82 Å². The summed E-state index contributed by atoms with van der Waals surface area (Å²) in [5.41, 5.74) is 8.82. The number of nitrogens with two attached hydrogens (primary N) is 1. The number of nitrogen functional groups attached to an aromatic ring is 1. The van der Waals surface area contributed by atoms with Gasteiger partial charge in [-0.15, -0.1) is 10.2 Å². The molecule has 0 atom stereocenters. The standard InChI is InChI=1S/C12H13BrN4/c1-7-5-9(6-8(2)12(7)13)15-11-4-3-10(14)16-17-11/h3-6H,1-2H3,(H2,14,16)(H,15,17). The molecule has 5 heteroatoms. The van der Waals surface area contributed by atoms with Crippen molar-refractivity contribution in [1.29, 1.82) is 0 Å². The highest BCUT2D eigenvalue weighted by Crippen LogP contribution is 2.26. The predicted molar refractivity (Wildman–Crippen MR) is 73.3 cm³/mol. The third-order valence-electron chi connectivity index (χ3n) is 2.39. The second-order valence-corrected chi connectivity index (χ2v) is 4.69. The van der Waals surface area contributed by atoms with Gasteiger partial charge >= 0.3 is 0 Å². The average molecular weight is 293 g/mol. The van der Waals surface area contributed by atoms with Gasteiger partial charge in [0, 0.05) is 10.2 Å². The number of benzene rings is 1. The number of hydrogen-bond donors (Lipinski definition) is 2. The normalized spacial score (nSPS) is 10.3. The Kier molecular flexibility index (Phi) is 3.28. The van der Waals surface area contributed by atoms with Crippen LogP contribution in [0, 0.1) is 13.8 Å². The minimum atomic E-state index is 0.415. The minimum Gasteiger partial charge on any atom is -0.382 e. The van der Waals surface area contributed by atoms with Crippen molar-refractivity contribution in [1.82, 2.24) is 10.2 Å². The molecule has 0 saturated carbocycles. The van der Waals surface area contributed by atoms with Crippen molar-refractivity contribution in [3.05, 3.63) is 39.9 Å². The van der Waals surface area contributed by atoms with Gasteiger partial charge in [-0.1, -0.05) is 15.9 Å².